The molecule has 0 saturated heterocycles. The van der Waals surface area contributed by atoms with Gasteiger partial charge in [0.25, 0.3) is 6.43 Å². The number of aliphatic hydroxyl groups excluding tert-OH is 1. The molecule has 1 rings (SSSR count). The molecule has 2 nitrogen and oxygen atoms in total. The molecule has 16 heavy (non-hydrogen) atoms. The van der Waals surface area contributed by atoms with Crippen LogP contribution in [0.5, 0.6) is 0 Å². The van der Waals surface area contributed by atoms with Crippen LogP contribution in [-0.2, 0) is 12.8 Å². The third-order valence-electron chi connectivity index (χ3n) is 1.75. The molecule has 0 aromatic carbocycles. The van der Waals surface area contributed by atoms with Gasteiger partial charge in [-0.1, -0.05) is 0 Å². The average Bonchev–Trinajstić information content (AvgIpc) is 2.15. The molecule has 0 unspecified atom stereocenters. The van der Waals surface area contributed by atoms with E-state index < -0.39 is 42.0 Å². The Morgan fingerprint density at radius 1 is 1.31 bits per heavy atom. The standard InChI is InChI=1S/C8H5F6NO/c9-6(10)4-1-3(2-16)7(11)15-5(4)8(12,13)14/h1,6,16H,2H2. The molecule has 90 valence electrons. The van der Waals surface area contributed by atoms with Gasteiger partial charge in [0, 0.05) is 11.1 Å². The Morgan fingerprint density at radius 2 is 1.88 bits per heavy atom. The minimum atomic E-state index is -5.17. The summed E-state index contributed by atoms with van der Waals surface area (Å²) >= 11 is 0. The Kier molecular flexibility index (Phi) is 3.41. The van der Waals surface area contributed by atoms with Crippen molar-refractivity contribution in [2.75, 3.05) is 0 Å². The number of hydrogen-bond donors (Lipinski definition) is 1. The first kappa shape index (κ1) is 12.8. The molecular formula is C8H5F6NO. The van der Waals surface area contributed by atoms with Gasteiger partial charge in [-0.25, -0.2) is 13.8 Å². The third-order valence-corrected chi connectivity index (χ3v) is 1.75. The van der Waals surface area contributed by atoms with Crippen molar-refractivity contribution in [3.63, 3.8) is 0 Å². The number of aromatic nitrogens is 1. The smallest absolute Gasteiger partial charge is 0.392 e. The molecule has 0 fully saturated rings. The van der Waals surface area contributed by atoms with Gasteiger partial charge in [-0.2, -0.15) is 17.6 Å². The molecule has 1 aromatic heterocycles. The van der Waals surface area contributed by atoms with Crippen molar-refractivity contribution in [1.82, 2.24) is 4.98 Å². The molecule has 0 aliphatic carbocycles. The molecule has 1 N–H and O–H groups in total. The second-order valence-electron chi connectivity index (χ2n) is 2.83. The third kappa shape index (κ3) is 2.43. The fraction of sp³-hybridized carbons (Fsp3) is 0.375. The Bertz CT molecular complexity index is 389. The van der Waals surface area contributed by atoms with E-state index in [4.69, 9.17) is 5.11 Å². The average molecular weight is 245 g/mol. The van der Waals surface area contributed by atoms with Crippen LogP contribution < -0.4 is 0 Å². The Hall–Kier alpha value is -1.31. The van der Waals surface area contributed by atoms with Crippen LogP contribution in [0, 0.1) is 5.95 Å². The maximum atomic E-state index is 12.8. The van der Waals surface area contributed by atoms with Crippen LogP contribution in [0.2, 0.25) is 0 Å². The van der Waals surface area contributed by atoms with E-state index >= 15 is 0 Å². The highest BCUT2D eigenvalue weighted by molar-refractivity contribution is 5.29. The molecule has 0 amide bonds. The number of rotatable bonds is 2. The molecule has 0 radical (unpaired) electrons. The van der Waals surface area contributed by atoms with Crippen molar-refractivity contribution >= 4 is 0 Å². The van der Waals surface area contributed by atoms with E-state index in [1.165, 1.54) is 0 Å². The first-order chi connectivity index (χ1) is 7.27. The molecule has 0 atom stereocenters. The van der Waals surface area contributed by atoms with Crippen LogP contribution in [0.3, 0.4) is 0 Å². The van der Waals surface area contributed by atoms with Gasteiger partial charge in [0.1, 0.15) is 0 Å². The molecule has 8 heteroatoms. The lowest BCUT2D eigenvalue weighted by Gasteiger charge is -2.12. The molecule has 1 heterocycles. The lowest BCUT2D eigenvalue weighted by Crippen LogP contribution is -2.15. The monoisotopic (exact) mass is 245 g/mol. The van der Waals surface area contributed by atoms with Gasteiger partial charge in [-0.15, -0.1) is 0 Å². The molecule has 0 bridgehead atoms. The molecule has 0 spiro atoms. The van der Waals surface area contributed by atoms with E-state index in [2.05, 4.69) is 4.98 Å². The Labute approximate surface area is 85.5 Å². The fourth-order valence-corrected chi connectivity index (χ4v) is 1.05. The van der Waals surface area contributed by atoms with Gasteiger partial charge in [-0.3, -0.25) is 0 Å². The summed E-state index contributed by atoms with van der Waals surface area (Å²) < 4.78 is 73.9. The lowest BCUT2D eigenvalue weighted by molar-refractivity contribution is -0.143. The van der Waals surface area contributed by atoms with Crippen LogP contribution >= 0.6 is 0 Å². The zero-order valence-corrected chi connectivity index (χ0v) is 7.52. The zero-order valence-electron chi connectivity index (χ0n) is 7.52. The van der Waals surface area contributed by atoms with Crippen molar-refractivity contribution in [3.05, 3.63) is 28.8 Å². The van der Waals surface area contributed by atoms with Crippen molar-refractivity contribution in [3.8, 4) is 0 Å². The number of hydrogen-bond acceptors (Lipinski definition) is 2. The molecule has 0 aliphatic rings. The lowest BCUT2D eigenvalue weighted by atomic mass is 10.1. The van der Waals surface area contributed by atoms with Crippen LogP contribution in [0.1, 0.15) is 23.2 Å². The van der Waals surface area contributed by atoms with E-state index in [1.807, 2.05) is 0 Å². The number of alkyl halides is 5. The highest BCUT2D eigenvalue weighted by Crippen LogP contribution is 2.35. The van der Waals surface area contributed by atoms with Crippen LogP contribution in [-0.4, -0.2) is 10.1 Å². The van der Waals surface area contributed by atoms with Crippen molar-refractivity contribution < 1.29 is 31.4 Å². The summed E-state index contributed by atoms with van der Waals surface area (Å²) in [5.41, 5.74) is -4.13. The SMILES string of the molecule is OCc1cc(C(F)F)c(C(F)(F)F)nc1F. The number of nitrogens with zero attached hydrogens (tertiary/aromatic N) is 1. The Morgan fingerprint density at radius 3 is 2.25 bits per heavy atom. The quantitative estimate of drug-likeness (QED) is 0.641. The summed E-state index contributed by atoms with van der Waals surface area (Å²) in [6.07, 6.45) is -8.62. The number of halogens is 6. The van der Waals surface area contributed by atoms with E-state index in [1.54, 1.807) is 0 Å². The molecule has 0 aliphatic heterocycles. The van der Waals surface area contributed by atoms with Crippen LogP contribution in [0.15, 0.2) is 6.07 Å². The normalized spacial score (nSPS) is 12.2. The summed E-state index contributed by atoms with van der Waals surface area (Å²) in [7, 11) is 0. The maximum absolute atomic E-state index is 12.8. The van der Waals surface area contributed by atoms with Crippen LogP contribution in [0.4, 0.5) is 26.3 Å². The maximum Gasteiger partial charge on any atom is 0.433 e. The van der Waals surface area contributed by atoms with Crippen molar-refractivity contribution in [2.45, 2.75) is 19.2 Å². The summed E-state index contributed by atoms with van der Waals surface area (Å²) in [6, 6.07) is 0.260. The highest BCUT2D eigenvalue weighted by Gasteiger charge is 2.38. The molecule has 1 aromatic rings. The summed E-state index contributed by atoms with van der Waals surface area (Å²) in [4.78, 5) is 2.40. The topological polar surface area (TPSA) is 33.1 Å². The first-order valence-corrected chi connectivity index (χ1v) is 3.93. The predicted molar refractivity (Wildman–Crippen MR) is 40.1 cm³/mol. The van der Waals surface area contributed by atoms with E-state index in [9.17, 15) is 26.3 Å². The van der Waals surface area contributed by atoms with Gasteiger partial charge in [-0.05, 0) is 6.07 Å². The zero-order chi connectivity index (χ0) is 12.5. The number of pyridine rings is 1. The van der Waals surface area contributed by atoms with E-state index in [0.29, 0.717) is 0 Å². The van der Waals surface area contributed by atoms with Gasteiger partial charge in [0.15, 0.2) is 5.69 Å². The van der Waals surface area contributed by atoms with E-state index in [0.717, 1.165) is 0 Å². The van der Waals surface area contributed by atoms with Gasteiger partial charge < -0.3 is 5.11 Å². The van der Waals surface area contributed by atoms with Crippen molar-refractivity contribution in [2.24, 2.45) is 0 Å². The largest absolute Gasteiger partial charge is 0.433 e. The predicted octanol–water partition coefficient (Wildman–Crippen LogP) is 2.67. The fourth-order valence-electron chi connectivity index (χ4n) is 1.05. The van der Waals surface area contributed by atoms with E-state index in [-0.39, 0.29) is 6.07 Å². The van der Waals surface area contributed by atoms with Gasteiger partial charge in [0.2, 0.25) is 5.95 Å². The van der Waals surface area contributed by atoms with Gasteiger partial charge >= 0.3 is 6.18 Å². The molecular weight excluding hydrogens is 240 g/mol. The Balaban J connectivity index is 3.42. The molecule has 0 saturated carbocycles. The van der Waals surface area contributed by atoms with Crippen LogP contribution in [0.25, 0.3) is 0 Å². The minimum absolute atomic E-state index is 0.260. The highest BCUT2D eigenvalue weighted by atomic mass is 19.4. The van der Waals surface area contributed by atoms with Gasteiger partial charge in [0.05, 0.1) is 6.61 Å². The summed E-state index contributed by atoms with van der Waals surface area (Å²) in [6.45, 7) is -1.00. The second-order valence-corrected chi connectivity index (χ2v) is 2.83. The summed E-state index contributed by atoms with van der Waals surface area (Å²) in [5, 5.41) is 8.51. The minimum Gasteiger partial charge on any atom is -0.392 e. The first-order valence-electron chi connectivity index (χ1n) is 3.93. The van der Waals surface area contributed by atoms with Crippen molar-refractivity contribution in [1.29, 1.82) is 0 Å². The summed E-state index contributed by atoms with van der Waals surface area (Å²) in [5.74, 6) is -1.61. The second kappa shape index (κ2) is 4.28. The number of aliphatic hydroxyl groups is 1.